The van der Waals surface area contributed by atoms with Gasteiger partial charge in [0, 0.05) is 29.7 Å². The highest BCUT2D eigenvalue weighted by Gasteiger charge is 2.06. The second-order valence-corrected chi connectivity index (χ2v) is 4.36. The smallest absolute Gasteiger partial charge is 0.318 e. The molecule has 0 unspecified atom stereocenters. The summed E-state index contributed by atoms with van der Waals surface area (Å²) in [6, 6.07) is 13.2. The molecule has 0 aromatic heterocycles. The van der Waals surface area contributed by atoms with Crippen molar-refractivity contribution in [2.45, 2.75) is 0 Å². The minimum Gasteiger partial charge on any atom is -0.399 e. The Labute approximate surface area is 122 Å². The molecule has 108 valence electrons. The van der Waals surface area contributed by atoms with Crippen molar-refractivity contribution in [3.8, 4) is 0 Å². The van der Waals surface area contributed by atoms with Crippen molar-refractivity contribution in [3.05, 3.63) is 54.1 Å². The molecule has 0 fully saturated rings. The van der Waals surface area contributed by atoms with E-state index >= 15 is 0 Å². The maximum atomic E-state index is 12.0. The Morgan fingerprint density at radius 1 is 0.952 bits per heavy atom. The SMILES string of the molecule is CNC(=O)Nc1ccc(NC(=O)c2cccc(N)c2)cc1. The topological polar surface area (TPSA) is 96.2 Å². The van der Waals surface area contributed by atoms with E-state index in [9.17, 15) is 9.59 Å². The zero-order valence-electron chi connectivity index (χ0n) is 11.5. The van der Waals surface area contributed by atoms with E-state index in [4.69, 9.17) is 5.73 Å². The van der Waals surface area contributed by atoms with Crippen LogP contribution in [0.4, 0.5) is 21.9 Å². The molecule has 0 saturated heterocycles. The van der Waals surface area contributed by atoms with Crippen LogP contribution in [-0.2, 0) is 0 Å². The van der Waals surface area contributed by atoms with Gasteiger partial charge >= 0.3 is 6.03 Å². The number of hydrogen-bond donors (Lipinski definition) is 4. The molecular formula is C15H16N4O2. The number of amides is 3. The van der Waals surface area contributed by atoms with Crippen molar-refractivity contribution >= 4 is 29.0 Å². The Morgan fingerprint density at radius 2 is 1.57 bits per heavy atom. The molecule has 6 heteroatoms. The van der Waals surface area contributed by atoms with E-state index in [2.05, 4.69) is 16.0 Å². The van der Waals surface area contributed by atoms with Crippen molar-refractivity contribution in [3.63, 3.8) is 0 Å². The summed E-state index contributed by atoms with van der Waals surface area (Å²) < 4.78 is 0. The third kappa shape index (κ3) is 3.97. The molecule has 0 radical (unpaired) electrons. The van der Waals surface area contributed by atoms with Crippen LogP contribution in [0.1, 0.15) is 10.4 Å². The second-order valence-electron chi connectivity index (χ2n) is 4.36. The van der Waals surface area contributed by atoms with Crippen LogP contribution in [0.15, 0.2) is 48.5 Å². The Balaban J connectivity index is 2.03. The lowest BCUT2D eigenvalue weighted by atomic mass is 10.2. The summed E-state index contributed by atoms with van der Waals surface area (Å²) in [6.45, 7) is 0. The lowest BCUT2D eigenvalue weighted by Crippen LogP contribution is -2.24. The number of anilines is 3. The average molecular weight is 284 g/mol. The number of rotatable bonds is 3. The lowest BCUT2D eigenvalue weighted by Gasteiger charge is -2.08. The molecule has 2 rings (SSSR count). The van der Waals surface area contributed by atoms with Crippen LogP contribution < -0.4 is 21.7 Å². The van der Waals surface area contributed by atoms with Crippen molar-refractivity contribution < 1.29 is 9.59 Å². The first kappa shape index (κ1) is 14.4. The fraction of sp³-hybridized carbons (Fsp3) is 0.0667. The molecule has 2 aromatic rings. The van der Waals surface area contributed by atoms with Gasteiger partial charge in [0.1, 0.15) is 0 Å². The number of nitrogens with two attached hydrogens (primary N) is 1. The zero-order chi connectivity index (χ0) is 15.2. The van der Waals surface area contributed by atoms with E-state index in [-0.39, 0.29) is 11.9 Å². The Bertz CT molecular complexity index is 653. The summed E-state index contributed by atoms with van der Waals surface area (Å²) in [5.74, 6) is -0.241. The highest BCUT2D eigenvalue weighted by atomic mass is 16.2. The maximum absolute atomic E-state index is 12.0. The van der Waals surface area contributed by atoms with E-state index in [1.807, 2.05) is 0 Å². The van der Waals surface area contributed by atoms with E-state index in [1.165, 1.54) is 7.05 Å². The Morgan fingerprint density at radius 3 is 2.14 bits per heavy atom. The van der Waals surface area contributed by atoms with Gasteiger partial charge in [0.2, 0.25) is 0 Å². The summed E-state index contributed by atoms with van der Waals surface area (Å²) >= 11 is 0. The van der Waals surface area contributed by atoms with Crippen LogP contribution in [0.3, 0.4) is 0 Å². The van der Waals surface area contributed by atoms with Crippen molar-refractivity contribution in [1.82, 2.24) is 5.32 Å². The van der Waals surface area contributed by atoms with Crippen LogP contribution >= 0.6 is 0 Å². The van der Waals surface area contributed by atoms with Crippen molar-refractivity contribution in [1.29, 1.82) is 0 Å². The van der Waals surface area contributed by atoms with Crippen LogP contribution in [-0.4, -0.2) is 19.0 Å². The molecule has 6 nitrogen and oxygen atoms in total. The van der Waals surface area contributed by atoms with Gasteiger partial charge < -0.3 is 21.7 Å². The second kappa shape index (κ2) is 6.42. The van der Waals surface area contributed by atoms with Gasteiger partial charge in [-0.2, -0.15) is 0 Å². The third-order valence-electron chi connectivity index (χ3n) is 2.78. The summed E-state index contributed by atoms with van der Waals surface area (Å²) in [5.41, 5.74) is 7.93. The van der Waals surface area contributed by atoms with Gasteiger partial charge in [0.15, 0.2) is 0 Å². The van der Waals surface area contributed by atoms with Gasteiger partial charge in [0.25, 0.3) is 5.91 Å². The molecule has 3 amide bonds. The van der Waals surface area contributed by atoms with Gasteiger partial charge in [0.05, 0.1) is 0 Å². The minimum atomic E-state index is -0.299. The molecule has 0 spiro atoms. The average Bonchev–Trinajstić information content (AvgIpc) is 2.49. The van der Waals surface area contributed by atoms with Gasteiger partial charge in [-0.15, -0.1) is 0 Å². The number of nitrogens with one attached hydrogen (secondary N) is 3. The fourth-order valence-corrected chi connectivity index (χ4v) is 1.71. The quantitative estimate of drug-likeness (QED) is 0.651. The van der Waals surface area contributed by atoms with Gasteiger partial charge in [-0.3, -0.25) is 4.79 Å². The van der Waals surface area contributed by atoms with E-state index in [0.717, 1.165) is 0 Å². The van der Waals surface area contributed by atoms with E-state index < -0.39 is 0 Å². The Hall–Kier alpha value is -3.02. The summed E-state index contributed by atoms with van der Waals surface area (Å²) in [7, 11) is 1.54. The highest BCUT2D eigenvalue weighted by molar-refractivity contribution is 6.04. The summed E-state index contributed by atoms with van der Waals surface area (Å²) in [4.78, 5) is 23.2. The van der Waals surface area contributed by atoms with Crippen LogP contribution in [0, 0.1) is 0 Å². The molecule has 2 aromatic carbocycles. The molecule has 0 aliphatic heterocycles. The standard InChI is InChI=1S/C15H16N4O2/c1-17-15(21)19-13-7-5-12(6-8-13)18-14(20)10-3-2-4-11(16)9-10/h2-9H,16H2,1H3,(H,18,20)(H2,17,19,21). The van der Waals surface area contributed by atoms with Crippen LogP contribution in [0.5, 0.6) is 0 Å². The zero-order valence-corrected chi connectivity index (χ0v) is 11.5. The predicted octanol–water partition coefficient (Wildman–Crippen LogP) is 2.27. The summed E-state index contributed by atoms with van der Waals surface area (Å²) in [6.07, 6.45) is 0. The lowest BCUT2D eigenvalue weighted by molar-refractivity contribution is 0.102. The number of carbonyl (C=O) groups is 2. The molecule has 0 atom stereocenters. The third-order valence-corrected chi connectivity index (χ3v) is 2.78. The predicted molar refractivity (Wildman–Crippen MR) is 83.3 cm³/mol. The number of hydrogen-bond acceptors (Lipinski definition) is 3. The monoisotopic (exact) mass is 284 g/mol. The maximum Gasteiger partial charge on any atom is 0.318 e. The van der Waals surface area contributed by atoms with Crippen LogP contribution in [0.2, 0.25) is 0 Å². The molecule has 5 N–H and O–H groups in total. The molecule has 0 heterocycles. The van der Waals surface area contributed by atoms with Gasteiger partial charge in [-0.05, 0) is 42.5 Å². The van der Waals surface area contributed by atoms with Gasteiger partial charge in [-0.25, -0.2) is 4.79 Å². The number of nitrogen functional groups attached to an aromatic ring is 1. The molecule has 21 heavy (non-hydrogen) atoms. The number of benzene rings is 2. The largest absolute Gasteiger partial charge is 0.399 e. The molecule has 0 aliphatic carbocycles. The van der Waals surface area contributed by atoms with Crippen molar-refractivity contribution in [2.75, 3.05) is 23.4 Å². The normalized spacial score (nSPS) is 9.76. The molecule has 0 aliphatic rings. The first-order valence-corrected chi connectivity index (χ1v) is 6.34. The van der Waals surface area contributed by atoms with Crippen molar-refractivity contribution in [2.24, 2.45) is 0 Å². The number of urea groups is 1. The first-order valence-electron chi connectivity index (χ1n) is 6.34. The first-order chi connectivity index (χ1) is 10.1. The fourth-order valence-electron chi connectivity index (χ4n) is 1.71. The van der Waals surface area contributed by atoms with Crippen LogP contribution in [0.25, 0.3) is 0 Å². The molecular weight excluding hydrogens is 268 g/mol. The summed E-state index contributed by atoms with van der Waals surface area (Å²) in [5, 5.41) is 7.84. The van der Waals surface area contributed by atoms with Gasteiger partial charge in [-0.1, -0.05) is 6.07 Å². The highest BCUT2D eigenvalue weighted by Crippen LogP contribution is 2.15. The molecule has 0 saturated carbocycles. The van der Waals surface area contributed by atoms with E-state index in [1.54, 1.807) is 48.5 Å². The number of carbonyl (C=O) groups excluding carboxylic acids is 2. The minimum absolute atomic E-state index is 0.241. The van der Waals surface area contributed by atoms with E-state index in [0.29, 0.717) is 22.6 Å². The Kier molecular flexibility index (Phi) is 4.40. The molecule has 0 bridgehead atoms.